The molecule has 0 aromatic carbocycles. The van der Waals surface area contributed by atoms with Crippen LogP contribution >= 0.6 is 43.5 Å². The van der Waals surface area contributed by atoms with Crippen LogP contribution in [-0.4, -0.2) is 26.6 Å². The topological polar surface area (TPSA) is 26.3 Å². The summed E-state index contributed by atoms with van der Waals surface area (Å²) in [4.78, 5) is 12.8. The van der Waals surface area contributed by atoms with E-state index in [4.69, 9.17) is 16.3 Å². The second kappa shape index (κ2) is 12.1. The van der Waals surface area contributed by atoms with Gasteiger partial charge in [-0.2, -0.15) is 0 Å². The van der Waals surface area contributed by atoms with E-state index in [9.17, 15) is 4.79 Å². The van der Waals surface area contributed by atoms with Crippen LogP contribution in [0.1, 0.15) is 130 Å². The summed E-state index contributed by atoms with van der Waals surface area (Å²) in [5.41, 5.74) is 0.788. The second-order valence-corrected chi connectivity index (χ2v) is 16.8. The number of rotatable bonds is 10. The number of halogens is 3. The number of esters is 1. The third-order valence-electron chi connectivity index (χ3n) is 11.5. The SMILES string of the molecule is CCCCCCCCC1CCC2C3CC(Br)C4(Br)CC(OC(=O)CC(C)Cl)CCC4(C)C3CCC12C. The van der Waals surface area contributed by atoms with Crippen molar-refractivity contribution in [3.8, 4) is 0 Å². The molecule has 10 unspecified atom stereocenters. The Morgan fingerprint density at radius 1 is 1.03 bits per heavy atom. The first-order valence-corrected chi connectivity index (χ1v) is 17.4. The summed E-state index contributed by atoms with van der Waals surface area (Å²) in [6.45, 7) is 9.42. The van der Waals surface area contributed by atoms with Crippen molar-refractivity contribution in [2.75, 3.05) is 0 Å². The minimum absolute atomic E-state index is 0.000916. The zero-order valence-electron chi connectivity index (χ0n) is 23.3. The molecule has 4 saturated carbocycles. The molecule has 0 saturated heterocycles. The number of alkyl halides is 3. The Morgan fingerprint density at radius 2 is 1.75 bits per heavy atom. The highest BCUT2D eigenvalue weighted by Crippen LogP contribution is 2.71. The first-order valence-electron chi connectivity index (χ1n) is 15.2. The highest BCUT2D eigenvalue weighted by molar-refractivity contribution is 9.12. The minimum Gasteiger partial charge on any atom is -0.462 e. The fourth-order valence-electron chi connectivity index (χ4n) is 9.47. The Bertz CT molecular complexity index is 761. The molecule has 5 heteroatoms. The van der Waals surface area contributed by atoms with Crippen LogP contribution in [0.4, 0.5) is 0 Å². The van der Waals surface area contributed by atoms with Crippen LogP contribution in [0, 0.1) is 34.5 Å². The predicted octanol–water partition coefficient (Wildman–Crippen LogP) is 10.2. The molecule has 0 heterocycles. The molecule has 36 heavy (non-hydrogen) atoms. The lowest BCUT2D eigenvalue weighted by molar-refractivity contribution is -0.157. The van der Waals surface area contributed by atoms with Gasteiger partial charge in [0.05, 0.1) is 6.42 Å². The maximum absolute atomic E-state index is 12.4. The van der Waals surface area contributed by atoms with Gasteiger partial charge in [0.2, 0.25) is 0 Å². The highest BCUT2D eigenvalue weighted by atomic mass is 79.9. The Hall–Kier alpha value is 0.720. The maximum atomic E-state index is 12.4. The van der Waals surface area contributed by atoms with E-state index in [2.05, 4.69) is 52.6 Å². The van der Waals surface area contributed by atoms with E-state index in [0.29, 0.717) is 16.7 Å². The molecule has 208 valence electrons. The molecule has 0 amide bonds. The van der Waals surface area contributed by atoms with Crippen LogP contribution in [0.3, 0.4) is 0 Å². The minimum atomic E-state index is -0.170. The standard InChI is InChI=1S/C31H51Br2ClO2/c1-5-6-7-8-9-10-11-22-12-13-25-24-19-27(32)31(33)20-23(36-28(35)18-21(2)34)14-17-30(31,4)26(24)15-16-29(22,25)3/h21-27H,5-20H2,1-4H3. The van der Waals surface area contributed by atoms with E-state index < -0.39 is 0 Å². The largest absolute Gasteiger partial charge is 0.462 e. The molecular weight excluding hydrogens is 600 g/mol. The van der Waals surface area contributed by atoms with Gasteiger partial charge in [0.15, 0.2) is 0 Å². The monoisotopic (exact) mass is 648 g/mol. The number of hydrogen-bond acceptors (Lipinski definition) is 2. The molecule has 0 N–H and O–H groups in total. The van der Waals surface area contributed by atoms with Crippen molar-refractivity contribution >= 4 is 49.4 Å². The quantitative estimate of drug-likeness (QED) is 0.134. The van der Waals surface area contributed by atoms with Crippen molar-refractivity contribution in [2.45, 2.75) is 151 Å². The number of hydrogen-bond donors (Lipinski definition) is 0. The molecular formula is C31H51Br2ClO2. The van der Waals surface area contributed by atoms with Gasteiger partial charge in [-0.1, -0.05) is 91.2 Å². The molecule has 0 radical (unpaired) electrons. The van der Waals surface area contributed by atoms with Gasteiger partial charge >= 0.3 is 5.97 Å². The van der Waals surface area contributed by atoms with Gasteiger partial charge in [-0.25, -0.2) is 0 Å². The summed E-state index contributed by atoms with van der Waals surface area (Å²) in [5.74, 6) is 3.28. The number of carbonyl (C=O) groups is 1. The molecule has 4 fully saturated rings. The fourth-order valence-corrected chi connectivity index (χ4v) is 11.8. The van der Waals surface area contributed by atoms with Crippen LogP contribution in [0.5, 0.6) is 0 Å². The Morgan fingerprint density at radius 3 is 2.47 bits per heavy atom. The van der Waals surface area contributed by atoms with Crippen LogP contribution in [-0.2, 0) is 9.53 Å². The Labute approximate surface area is 243 Å². The van der Waals surface area contributed by atoms with Crippen molar-refractivity contribution < 1.29 is 9.53 Å². The molecule has 2 nitrogen and oxygen atoms in total. The van der Waals surface area contributed by atoms with Crippen molar-refractivity contribution in [2.24, 2.45) is 34.5 Å². The van der Waals surface area contributed by atoms with Gasteiger partial charge in [0, 0.05) is 20.9 Å². The summed E-state index contributed by atoms with van der Waals surface area (Å²) in [7, 11) is 0. The smallest absolute Gasteiger partial charge is 0.307 e. The van der Waals surface area contributed by atoms with Gasteiger partial charge in [-0.15, -0.1) is 11.6 Å². The summed E-state index contributed by atoms with van der Waals surface area (Å²) in [5, 5.41) is -0.170. The second-order valence-electron chi connectivity index (χ2n) is 13.6. The third kappa shape index (κ3) is 5.63. The molecule has 4 aliphatic rings. The summed E-state index contributed by atoms with van der Waals surface area (Å²) >= 11 is 14.6. The normalized spacial score (nSPS) is 44.9. The number of unbranched alkanes of at least 4 members (excludes halogenated alkanes) is 5. The number of ether oxygens (including phenoxy) is 1. The van der Waals surface area contributed by atoms with Crippen LogP contribution in [0.25, 0.3) is 0 Å². The zero-order chi connectivity index (χ0) is 26.1. The van der Waals surface area contributed by atoms with E-state index in [1.165, 1.54) is 77.0 Å². The van der Waals surface area contributed by atoms with Gasteiger partial charge in [-0.05, 0) is 92.8 Å². The summed E-state index contributed by atoms with van der Waals surface area (Å²) in [6.07, 6.45) is 20.2. The van der Waals surface area contributed by atoms with Gasteiger partial charge in [0.1, 0.15) is 6.10 Å². The summed E-state index contributed by atoms with van der Waals surface area (Å²) in [6, 6.07) is 0. The highest BCUT2D eigenvalue weighted by Gasteiger charge is 2.66. The molecule has 4 aliphatic carbocycles. The van der Waals surface area contributed by atoms with E-state index in [-0.39, 0.29) is 27.2 Å². The predicted molar refractivity (Wildman–Crippen MR) is 159 cm³/mol. The molecule has 4 rings (SSSR count). The average Bonchev–Trinajstić information content (AvgIpc) is 3.14. The first-order chi connectivity index (χ1) is 17.0. The first kappa shape index (κ1) is 29.7. The number of carbonyl (C=O) groups excluding carboxylic acids is 1. The lowest BCUT2D eigenvalue weighted by Crippen LogP contribution is -2.64. The lowest BCUT2D eigenvalue weighted by atomic mass is 9.44. The van der Waals surface area contributed by atoms with Crippen molar-refractivity contribution in [3.63, 3.8) is 0 Å². The van der Waals surface area contributed by atoms with E-state index in [0.717, 1.165) is 42.9 Å². The van der Waals surface area contributed by atoms with E-state index in [1.54, 1.807) is 0 Å². The Kier molecular flexibility index (Phi) is 9.96. The Balaban J connectivity index is 1.41. The van der Waals surface area contributed by atoms with Crippen LogP contribution in [0.15, 0.2) is 0 Å². The van der Waals surface area contributed by atoms with Gasteiger partial charge in [-0.3, -0.25) is 4.79 Å². The van der Waals surface area contributed by atoms with Crippen LogP contribution in [0.2, 0.25) is 0 Å². The molecule has 10 atom stereocenters. The lowest BCUT2D eigenvalue weighted by Gasteiger charge is -2.65. The molecule has 0 aliphatic heterocycles. The van der Waals surface area contributed by atoms with Crippen molar-refractivity contribution in [1.29, 1.82) is 0 Å². The third-order valence-corrected chi connectivity index (χ3v) is 15.2. The summed E-state index contributed by atoms with van der Waals surface area (Å²) < 4.78 is 5.93. The molecule has 0 aromatic rings. The van der Waals surface area contributed by atoms with Gasteiger partial charge < -0.3 is 4.74 Å². The van der Waals surface area contributed by atoms with Crippen molar-refractivity contribution in [1.82, 2.24) is 0 Å². The van der Waals surface area contributed by atoms with Gasteiger partial charge in [0.25, 0.3) is 0 Å². The average molecular weight is 651 g/mol. The van der Waals surface area contributed by atoms with E-state index in [1.807, 2.05) is 6.92 Å². The molecule has 0 aromatic heterocycles. The maximum Gasteiger partial charge on any atom is 0.307 e. The fraction of sp³-hybridized carbons (Fsp3) is 0.968. The zero-order valence-corrected chi connectivity index (χ0v) is 27.2. The molecule has 0 bridgehead atoms. The van der Waals surface area contributed by atoms with Crippen molar-refractivity contribution in [3.05, 3.63) is 0 Å². The van der Waals surface area contributed by atoms with E-state index >= 15 is 0 Å². The molecule has 0 spiro atoms. The van der Waals surface area contributed by atoms with Crippen LogP contribution < -0.4 is 0 Å². The number of fused-ring (bicyclic) bond motifs is 5.